The minimum absolute atomic E-state index is 0.174. The van der Waals surface area contributed by atoms with Crippen molar-refractivity contribution < 1.29 is 4.79 Å². The van der Waals surface area contributed by atoms with Gasteiger partial charge in [0, 0.05) is 17.1 Å². The third-order valence-corrected chi connectivity index (χ3v) is 2.45. The summed E-state index contributed by atoms with van der Waals surface area (Å²) < 4.78 is 3.62. The number of nitrogens with two attached hydrogens (primary N) is 1. The molecule has 6 nitrogen and oxygen atoms in total. The van der Waals surface area contributed by atoms with Crippen LogP contribution >= 0.6 is 23.1 Å². The van der Waals surface area contributed by atoms with Gasteiger partial charge in [0.1, 0.15) is 16.0 Å². The van der Waals surface area contributed by atoms with Gasteiger partial charge < -0.3 is 11.1 Å². The summed E-state index contributed by atoms with van der Waals surface area (Å²) in [6.45, 7) is 0. The minimum Gasteiger partial charge on any atom is -0.384 e. The zero-order valence-corrected chi connectivity index (χ0v) is 9.42. The first-order valence-corrected chi connectivity index (χ1v) is 5.32. The summed E-state index contributed by atoms with van der Waals surface area (Å²) in [5, 5.41) is 6.93. The van der Waals surface area contributed by atoms with Crippen molar-refractivity contribution in [3.63, 3.8) is 0 Å². The molecule has 0 radical (unpaired) electrons. The Labute approximate surface area is 99.6 Å². The molecule has 0 spiro atoms. The highest BCUT2D eigenvalue weighted by molar-refractivity contribution is 7.10. The normalized spacial score (nSPS) is 10.1. The molecule has 0 aliphatic rings. The molecule has 16 heavy (non-hydrogen) atoms. The molecule has 2 rings (SSSR count). The largest absolute Gasteiger partial charge is 0.384 e. The number of pyridine rings is 1. The van der Waals surface area contributed by atoms with Gasteiger partial charge in [-0.05, 0) is 12.1 Å². The number of amides is 1. The Bertz CT molecular complexity index is 495. The van der Waals surface area contributed by atoms with E-state index in [-0.39, 0.29) is 16.9 Å². The van der Waals surface area contributed by atoms with Gasteiger partial charge in [-0.15, -0.1) is 5.10 Å². The Morgan fingerprint density at radius 2 is 2.31 bits per heavy atom. The fourth-order valence-electron chi connectivity index (χ4n) is 1.05. The second kappa shape index (κ2) is 4.42. The van der Waals surface area contributed by atoms with Crippen molar-refractivity contribution in [2.45, 2.75) is 0 Å². The van der Waals surface area contributed by atoms with Gasteiger partial charge in [0.25, 0.3) is 5.91 Å². The number of carbonyl (C=O) groups is 1. The lowest BCUT2D eigenvalue weighted by Gasteiger charge is -2.02. The third kappa shape index (κ3) is 2.44. The van der Waals surface area contributed by atoms with E-state index < -0.39 is 0 Å². The highest BCUT2D eigenvalue weighted by atomic mass is 35.5. The summed E-state index contributed by atoms with van der Waals surface area (Å²) in [6, 6.07) is 2.87. The van der Waals surface area contributed by atoms with Crippen molar-refractivity contribution in [1.29, 1.82) is 0 Å². The van der Waals surface area contributed by atoms with E-state index in [2.05, 4.69) is 19.9 Å². The SMILES string of the molecule is Nc1cc(C(=O)Nc2cnns2)cc(Cl)n1. The van der Waals surface area contributed by atoms with E-state index in [1.54, 1.807) is 0 Å². The van der Waals surface area contributed by atoms with Crippen molar-refractivity contribution in [1.82, 2.24) is 14.6 Å². The van der Waals surface area contributed by atoms with E-state index in [9.17, 15) is 4.79 Å². The van der Waals surface area contributed by atoms with Crippen LogP contribution in [0.25, 0.3) is 0 Å². The summed E-state index contributed by atoms with van der Waals surface area (Å²) in [5.41, 5.74) is 5.81. The molecule has 0 unspecified atom stereocenters. The van der Waals surface area contributed by atoms with E-state index in [0.717, 1.165) is 11.5 Å². The lowest BCUT2D eigenvalue weighted by molar-refractivity contribution is 0.102. The van der Waals surface area contributed by atoms with Crippen molar-refractivity contribution >= 4 is 39.9 Å². The van der Waals surface area contributed by atoms with Crippen molar-refractivity contribution in [3.8, 4) is 0 Å². The van der Waals surface area contributed by atoms with Gasteiger partial charge in [0.15, 0.2) is 0 Å². The first-order chi connectivity index (χ1) is 7.65. The van der Waals surface area contributed by atoms with Gasteiger partial charge in [0.05, 0.1) is 6.20 Å². The Morgan fingerprint density at radius 3 is 2.94 bits per heavy atom. The molecule has 0 aromatic carbocycles. The predicted molar refractivity (Wildman–Crippen MR) is 61.5 cm³/mol. The molecule has 2 heterocycles. The first kappa shape index (κ1) is 10.8. The quantitative estimate of drug-likeness (QED) is 0.792. The summed E-state index contributed by atoms with van der Waals surface area (Å²) in [7, 11) is 0. The number of hydrogen-bond donors (Lipinski definition) is 2. The number of hydrogen-bond acceptors (Lipinski definition) is 6. The molecular weight excluding hydrogens is 250 g/mol. The van der Waals surface area contributed by atoms with Crippen molar-refractivity contribution in [2.75, 3.05) is 11.1 Å². The average molecular weight is 256 g/mol. The maximum absolute atomic E-state index is 11.7. The van der Waals surface area contributed by atoms with Crippen LogP contribution < -0.4 is 11.1 Å². The van der Waals surface area contributed by atoms with Gasteiger partial charge in [-0.2, -0.15) is 0 Å². The van der Waals surface area contributed by atoms with E-state index in [1.807, 2.05) is 0 Å². The second-order valence-corrected chi connectivity index (χ2v) is 4.01. The molecule has 0 bridgehead atoms. The van der Waals surface area contributed by atoms with Crippen LogP contribution in [0, 0.1) is 0 Å². The van der Waals surface area contributed by atoms with Crippen LogP contribution in [0.3, 0.4) is 0 Å². The molecule has 3 N–H and O–H groups in total. The van der Waals surface area contributed by atoms with Crippen molar-refractivity contribution in [2.24, 2.45) is 0 Å². The Morgan fingerprint density at radius 1 is 1.50 bits per heavy atom. The number of halogens is 1. The number of nitrogens with one attached hydrogen (secondary N) is 1. The molecule has 82 valence electrons. The Balaban J connectivity index is 2.21. The van der Waals surface area contributed by atoms with Crippen molar-refractivity contribution in [3.05, 3.63) is 29.0 Å². The van der Waals surface area contributed by atoms with Gasteiger partial charge in [-0.3, -0.25) is 4.79 Å². The lowest BCUT2D eigenvalue weighted by atomic mass is 10.2. The highest BCUT2D eigenvalue weighted by Gasteiger charge is 2.09. The molecular formula is C8H6ClN5OS. The first-order valence-electron chi connectivity index (χ1n) is 4.17. The molecule has 0 saturated heterocycles. The molecule has 0 saturated carbocycles. The van der Waals surface area contributed by atoms with E-state index in [4.69, 9.17) is 17.3 Å². The third-order valence-electron chi connectivity index (χ3n) is 1.67. The molecule has 0 aliphatic carbocycles. The lowest BCUT2D eigenvalue weighted by Crippen LogP contribution is -2.11. The molecule has 8 heteroatoms. The molecule has 2 aromatic rings. The van der Waals surface area contributed by atoms with E-state index >= 15 is 0 Å². The Kier molecular flexibility index (Phi) is 2.97. The smallest absolute Gasteiger partial charge is 0.256 e. The average Bonchev–Trinajstić information content (AvgIpc) is 2.68. The highest BCUT2D eigenvalue weighted by Crippen LogP contribution is 2.15. The van der Waals surface area contributed by atoms with E-state index in [1.165, 1.54) is 18.3 Å². The van der Waals surface area contributed by atoms with Crippen LogP contribution in [0.1, 0.15) is 10.4 Å². The number of aromatic nitrogens is 3. The minimum atomic E-state index is -0.331. The van der Waals surface area contributed by atoms with Gasteiger partial charge >= 0.3 is 0 Å². The Hall–Kier alpha value is -1.73. The van der Waals surface area contributed by atoms with Crippen LogP contribution in [-0.4, -0.2) is 20.5 Å². The fraction of sp³-hybridized carbons (Fsp3) is 0. The maximum Gasteiger partial charge on any atom is 0.256 e. The summed E-state index contributed by atoms with van der Waals surface area (Å²) >= 11 is 6.76. The second-order valence-electron chi connectivity index (χ2n) is 2.84. The number of nitrogen functional groups attached to an aromatic ring is 1. The van der Waals surface area contributed by atoms with Crippen LogP contribution in [0.5, 0.6) is 0 Å². The summed E-state index contributed by atoms with van der Waals surface area (Å²) in [6.07, 6.45) is 1.45. The molecule has 0 atom stereocenters. The zero-order valence-electron chi connectivity index (χ0n) is 7.85. The number of carbonyl (C=O) groups excluding carboxylic acids is 1. The molecule has 2 aromatic heterocycles. The van der Waals surface area contributed by atoms with Crippen LogP contribution in [0.4, 0.5) is 10.8 Å². The van der Waals surface area contributed by atoms with Crippen LogP contribution in [0.15, 0.2) is 18.3 Å². The summed E-state index contributed by atoms with van der Waals surface area (Å²) in [4.78, 5) is 15.5. The number of nitrogens with zero attached hydrogens (tertiary/aromatic N) is 3. The number of rotatable bonds is 2. The van der Waals surface area contributed by atoms with Crippen LogP contribution in [-0.2, 0) is 0 Å². The molecule has 0 aliphatic heterocycles. The molecule has 0 fully saturated rings. The van der Waals surface area contributed by atoms with E-state index in [0.29, 0.717) is 10.6 Å². The van der Waals surface area contributed by atoms with Crippen LogP contribution in [0.2, 0.25) is 5.15 Å². The maximum atomic E-state index is 11.7. The van der Waals surface area contributed by atoms with Gasteiger partial charge in [-0.25, -0.2) is 4.98 Å². The van der Waals surface area contributed by atoms with Gasteiger partial charge in [-0.1, -0.05) is 16.1 Å². The summed E-state index contributed by atoms with van der Waals surface area (Å²) in [5.74, 6) is -0.137. The predicted octanol–water partition coefficient (Wildman–Crippen LogP) is 1.42. The van der Waals surface area contributed by atoms with Gasteiger partial charge in [0.2, 0.25) is 0 Å². The standard InChI is InChI=1S/C8H6ClN5OS/c9-5-1-4(2-6(10)12-5)8(15)13-7-3-11-14-16-7/h1-3H,(H2,10,12)(H,13,15). The number of anilines is 2. The monoisotopic (exact) mass is 255 g/mol. The molecule has 1 amide bonds. The fourth-order valence-corrected chi connectivity index (χ4v) is 1.68. The topological polar surface area (TPSA) is 93.8 Å². The zero-order chi connectivity index (χ0) is 11.5.